The lowest BCUT2D eigenvalue weighted by Crippen LogP contribution is -2.38. The molecule has 112 valence electrons. The predicted octanol–water partition coefficient (Wildman–Crippen LogP) is 3.82. The van der Waals surface area contributed by atoms with Gasteiger partial charge in [-0.1, -0.05) is 23.2 Å². The molecule has 0 radical (unpaired) electrons. The summed E-state index contributed by atoms with van der Waals surface area (Å²) in [5, 5.41) is 13.9. The van der Waals surface area contributed by atoms with Crippen molar-refractivity contribution in [3.8, 4) is 0 Å². The molecule has 0 unspecified atom stereocenters. The molecule has 0 atom stereocenters. The molecule has 7 heteroatoms. The second-order valence-corrected chi connectivity index (χ2v) is 6.51. The molecule has 0 aromatic heterocycles. The number of benzene rings is 1. The summed E-state index contributed by atoms with van der Waals surface area (Å²) in [6.07, 6.45) is 4.52. The maximum Gasteiger partial charge on any atom is 0.271 e. The van der Waals surface area contributed by atoms with Crippen LogP contribution in [0.1, 0.15) is 36.0 Å². The smallest absolute Gasteiger partial charge is 0.271 e. The Balaban J connectivity index is 1.84. The molecule has 0 spiro atoms. The van der Waals surface area contributed by atoms with Crippen molar-refractivity contribution in [1.82, 2.24) is 5.32 Å². The van der Waals surface area contributed by atoms with Crippen molar-refractivity contribution in [3.63, 3.8) is 0 Å². The molecule has 2 saturated carbocycles. The highest BCUT2D eigenvalue weighted by molar-refractivity contribution is 6.44. The van der Waals surface area contributed by atoms with E-state index < -0.39 is 4.92 Å². The van der Waals surface area contributed by atoms with Crippen molar-refractivity contribution in [3.05, 3.63) is 37.9 Å². The molecule has 21 heavy (non-hydrogen) atoms. The van der Waals surface area contributed by atoms with Crippen molar-refractivity contribution in [2.45, 2.75) is 31.7 Å². The first-order chi connectivity index (χ1) is 9.97. The number of nitrogens with one attached hydrogen (secondary N) is 1. The van der Waals surface area contributed by atoms with E-state index in [1.807, 2.05) is 0 Å². The molecule has 2 aliphatic rings. The standard InChI is InChI=1S/C14H14Cl2N2O3/c15-11-6-9(18(20)21)5-10(12(11)16)14(19)17-13(7-1-2-7)8-3-4-8/h5-8,13H,1-4H2,(H,17,19). The molecule has 3 rings (SSSR count). The van der Waals surface area contributed by atoms with Gasteiger partial charge in [0.05, 0.1) is 20.5 Å². The zero-order chi connectivity index (χ0) is 15.1. The Morgan fingerprint density at radius 2 is 1.81 bits per heavy atom. The van der Waals surface area contributed by atoms with Gasteiger partial charge in [0.25, 0.3) is 11.6 Å². The highest BCUT2D eigenvalue weighted by Gasteiger charge is 2.42. The van der Waals surface area contributed by atoms with Crippen LogP contribution >= 0.6 is 23.2 Å². The highest BCUT2D eigenvalue weighted by atomic mass is 35.5. The predicted molar refractivity (Wildman–Crippen MR) is 79.8 cm³/mol. The summed E-state index contributed by atoms with van der Waals surface area (Å²) in [5.74, 6) is 0.693. The molecule has 0 bridgehead atoms. The second kappa shape index (κ2) is 5.46. The molecule has 1 amide bonds. The molecular weight excluding hydrogens is 315 g/mol. The third kappa shape index (κ3) is 3.14. The Kier molecular flexibility index (Phi) is 3.80. The number of carbonyl (C=O) groups excluding carboxylic acids is 1. The van der Waals surface area contributed by atoms with Crippen molar-refractivity contribution in [2.24, 2.45) is 11.8 Å². The Labute approximate surface area is 131 Å². The van der Waals surface area contributed by atoms with Gasteiger partial charge in [-0.25, -0.2) is 0 Å². The summed E-state index contributed by atoms with van der Waals surface area (Å²) in [6.45, 7) is 0. The van der Waals surface area contributed by atoms with Gasteiger partial charge in [0.2, 0.25) is 0 Å². The first-order valence-corrected chi connectivity index (χ1v) is 7.67. The molecular formula is C14H14Cl2N2O3. The largest absolute Gasteiger partial charge is 0.349 e. The van der Waals surface area contributed by atoms with Crippen LogP contribution in [0.3, 0.4) is 0 Å². The molecule has 0 heterocycles. The van der Waals surface area contributed by atoms with Crippen LogP contribution in [-0.4, -0.2) is 16.9 Å². The second-order valence-electron chi connectivity index (χ2n) is 5.72. The SMILES string of the molecule is O=C(NC(C1CC1)C1CC1)c1cc([N+](=O)[O-])cc(Cl)c1Cl. The molecule has 5 nitrogen and oxygen atoms in total. The normalized spacial score (nSPS) is 17.9. The fourth-order valence-electron chi connectivity index (χ4n) is 2.61. The van der Waals surface area contributed by atoms with Crippen molar-refractivity contribution in [1.29, 1.82) is 0 Å². The van der Waals surface area contributed by atoms with E-state index >= 15 is 0 Å². The van der Waals surface area contributed by atoms with Gasteiger partial charge in [0.15, 0.2) is 0 Å². The minimum absolute atomic E-state index is 0.0189. The summed E-state index contributed by atoms with van der Waals surface area (Å²) in [7, 11) is 0. The van der Waals surface area contributed by atoms with E-state index in [9.17, 15) is 14.9 Å². The van der Waals surface area contributed by atoms with Crippen LogP contribution in [0.25, 0.3) is 0 Å². The molecule has 0 saturated heterocycles. The number of nitrogens with zero attached hydrogens (tertiary/aromatic N) is 1. The third-order valence-electron chi connectivity index (χ3n) is 4.03. The average Bonchev–Trinajstić information content (AvgIpc) is 3.30. The van der Waals surface area contributed by atoms with Crippen molar-refractivity contribution in [2.75, 3.05) is 0 Å². The van der Waals surface area contributed by atoms with Gasteiger partial charge >= 0.3 is 0 Å². The minimum Gasteiger partial charge on any atom is -0.349 e. The van der Waals surface area contributed by atoms with E-state index in [1.54, 1.807) is 0 Å². The van der Waals surface area contributed by atoms with Crippen LogP contribution in [0.4, 0.5) is 5.69 Å². The van der Waals surface area contributed by atoms with Gasteiger partial charge in [0, 0.05) is 18.2 Å². The summed E-state index contributed by atoms with van der Waals surface area (Å²) in [4.78, 5) is 22.7. The van der Waals surface area contributed by atoms with Gasteiger partial charge in [0.1, 0.15) is 0 Å². The van der Waals surface area contributed by atoms with E-state index in [0.29, 0.717) is 11.8 Å². The van der Waals surface area contributed by atoms with Gasteiger partial charge in [-0.2, -0.15) is 0 Å². The maximum absolute atomic E-state index is 12.4. The number of nitro groups is 1. The van der Waals surface area contributed by atoms with Crippen LogP contribution in [0.15, 0.2) is 12.1 Å². The fraction of sp³-hybridized carbons (Fsp3) is 0.500. The fourth-order valence-corrected chi connectivity index (χ4v) is 3.01. The van der Waals surface area contributed by atoms with E-state index in [4.69, 9.17) is 23.2 Å². The molecule has 1 aromatic rings. The lowest BCUT2D eigenvalue weighted by atomic mass is 10.1. The van der Waals surface area contributed by atoms with E-state index in [0.717, 1.165) is 31.7 Å². The Morgan fingerprint density at radius 3 is 2.29 bits per heavy atom. The summed E-state index contributed by atoms with van der Waals surface area (Å²) >= 11 is 11.9. The number of hydrogen-bond acceptors (Lipinski definition) is 3. The number of hydrogen-bond donors (Lipinski definition) is 1. The summed E-state index contributed by atoms with van der Waals surface area (Å²) in [6, 6.07) is 2.49. The van der Waals surface area contributed by atoms with Crippen molar-refractivity contribution < 1.29 is 9.72 Å². The molecule has 2 fully saturated rings. The summed E-state index contributed by atoms with van der Waals surface area (Å²) in [5.41, 5.74) is -0.161. The Bertz CT molecular complexity index is 600. The van der Waals surface area contributed by atoms with Crippen molar-refractivity contribution >= 4 is 34.8 Å². The van der Waals surface area contributed by atoms with Gasteiger partial charge in [-0.05, 0) is 37.5 Å². The maximum atomic E-state index is 12.4. The van der Waals surface area contributed by atoms with Crippen LogP contribution < -0.4 is 5.32 Å². The van der Waals surface area contributed by atoms with Gasteiger partial charge in [-0.15, -0.1) is 0 Å². The van der Waals surface area contributed by atoms with Crippen LogP contribution in [-0.2, 0) is 0 Å². The topological polar surface area (TPSA) is 72.2 Å². The molecule has 0 aliphatic heterocycles. The lowest BCUT2D eigenvalue weighted by Gasteiger charge is -2.18. The number of non-ortho nitro benzene ring substituents is 1. The monoisotopic (exact) mass is 328 g/mol. The molecule has 1 N–H and O–H groups in total. The zero-order valence-electron chi connectivity index (χ0n) is 11.1. The van der Waals surface area contributed by atoms with E-state index in [-0.39, 0.29) is 33.2 Å². The van der Waals surface area contributed by atoms with Crippen LogP contribution in [0, 0.1) is 22.0 Å². The van der Waals surface area contributed by atoms with Gasteiger partial charge in [-0.3, -0.25) is 14.9 Å². The first-order valence-electron chi connectivity index (χ1n) is 6.91. The minimum atomic E-state index is -0.585. The highest BCUT2D eigenvalue weighted by Crippen LogP contribution is 2.44. The lowest BCUT2D eigenvalue weighted by molar-refractivity contribution is -0.384. The molecule has 1 aromatic carbocycles. The average molecular weight is 329 g/mol. The number of halogens is 2. The quantitative estimate of drug-likeness (QED) is 0.659. The number of nitro benzene ring substituents is 1. The number of carbonyl (C=O) groups is 1. The zero-order valence-corrected chi connectivity index (χ0v) is 12.7. The van der Waals surface area contributed by atoms with E-state index in [1.165, 1.54) is 6.07 Å². The third-order valence-corrected chi connectivity index (χ3v) is 4.83. The van der Waals surface area contributed by atoms with Crippen LogP contribution in [0.2, 0.25) is 10.0 Å². The Morgan fingerprint density at radius 1 is 1.24 bits per heavy atom. The number of amides is 1. The van der Waals surface area contributed by atoms with Crippen LogP contribution in [0.5, 0.6) is 0 Å². The first kappa shape index (κ1) is 14.6. The molecule has 2 aliphatic carbocycles. The number of rotatable bonds is 5. The Hall–Kier alpha value is -1.33. The van der Waals surface area contributed by atoms with Gasteiger partial charge < -0.3 is 5.32 Å². The summed E-state index contributed by atoms with van der Waals surface area (Å²) < 4.78 is 0. The van der Waals surface area contributed by atoms with E-state index in [2.05, 4.69) is 5.32 Å².